The fourth-order valence-corrected chi connectivity index (χ4v) is 7.92. The smallest absolute Gasteiger partial charge is 0.488 e. The van der Waals surface area contributed by atoms with Gasteiger partial charge in [0.25, 0.3) is 0 Å². The second-order valence-corrected chi connectivity index (χ2v) is 25.3. The normalized spacial score (nSPS) is 8.91. The number of rotatable bonds is 21. The van der Waals surface area contributed by atoms with Gasteiger partial charge < -0.3 is 31.7 Å². The average molecular weight is 1460 g/mol. The van der Waals surface area contributed by atoms with E-state index in [0.717, 1.165) is 68.3 Å². The minimum absolute atomic E-state index is 0. The van der Waals surface area contributed by atoms with Crippen molar-refractivity contribution >= 4 is 35.1 Å². The summed E-state index contributed by atoms with van der Waals surface area (Å²) in [6, 6.07) is 68.3. The Morgan fingerprint density at radius 3 is 1.15 bits per heavy atom. The zero-order valence-corrected chi connectivity index (χ0v) is 67.0. The summed E-state index contributed by atoms with van der Waals surface area (Å²) in [7, 11) is -1.37. The number of benzene rings is 8. The number of nitrogens with two attached hydrogens (primary N) is 2. The minimum Gasteiger partial charge on any atom is -0.508 e. The molecule has 8 aromatic carbocycles. The van der Waals surface area contributed by atoms with Crippen molar-refractivity contribution in [2.45, 2.75) is 280 Å². The van der Waals surface area contributed by atoms with Gasteiger partial charge in [0.05, 0.1) is 0 Å². The summed E-state index contributed by atoms with van der Waals surface area (Å²) < 4.78 is 0. The fraction of sp³-hybridized carbons (Fsp3) is 0.440. The van der Waals surface area contributed by atoms with Gasteiger partial charge in [-0.2, -0.15) is 0 Å². The summed E-state index contributed by atoms with van der Waals surface area (Å²) in [5.74, 6) is 15.4. The Kier molecular flexibility index (Phi) is 92.7. The van der Waals surface area contributed by atoms with Crippen LogP contribution in [0.25, 0.3) is 16.8 Å². The van der Waals surface area contributed by atoms with Crippen LogP contribution in [-0.4, -0.2) is 40.5 Å². The van der Waals surface area contributed by atoms with Crippen LogP contribution in [0.15, 0.2) is 225 Å². The number of aliphatic hydroxyl groups excluding tert-OH is 1. The number of anilines is 1. The number of hydrogen-bond acceptors (Lipinski definition) is 6. The van der Waals surface area contributed by atoms with Crippen molar-refractivity contribution in [3.8, 4) is 41.8 Å². The Labute approximate surface area is 662 Å². The maximum Gasteiger partial charge on any atom is 0.488 e. The van der Waals surface area contributed by atoms with Crippen LogP contribution in [0.3, 0.4) is 0 Å². The number of terminal acetylenes is 1. The second-order valence-electron chi connectivity index (χ2n) is 25.3. The number of phenols is 1. The summed E-state index contributed by atoms with van der Waals surface area (Å²) in [5.41, 5.74) is 20.7. The van der Waals surface area contributed by atoms with Crippen LogP contribution in [0.4, 0.5) is 5.69 Å². The van der Waals surface area contributed by atoms with E-state index in [-0.39, 0.29) is 35.1 Å². The van der Waals surface area contributed by atoms with Crippen LogP contribution < -0.4 is 16.9 Å². The van der Waals surface area contributed by atoms with Crippen molar-refractivity contribution < 1.29 is 20.3 Å². The number of nitrogen functional groups attached to an aromatic ring is 1. The summed E-state index contributed by atoms with van der Waals surface area (Å²) in [6.45, 7) is 38.1. The van der Waals surface area contributed by atoms with Crippen LogP contribution in [-0.2, 0) is 24.7 Å². The van der Waals surface area contributed by atoms with E-state index in [1.54, 1.807) is 24.3 Å². The molecule has 0 aliphatic rings. The first-order chi connectivity index (χ1) is 49.8. The highest BCUT2D eigenvalue weighted by molar-refractivity contribution is 6.58. The molecule has 8 aromatic rings. The van der Waals surface area contributed by atoms with Gasteiger partial charge >= 0.3 is 7.12 Å². The van der Waals surface area contributed by atoms with Gasteiger partial charge in [-0.1, -0.05) is 367 Å². The van der Waals surface area contributed by atoms with Crippen LogP contribution >= 0.6 is 0 Å². The quantitative estimate of drug-likeness (QED) is 0.0140. The van der Waals surface area contributed by atoms with Gasteiger partial charge in [-0.3, -0.25) is 0 Å². The molecule has 0 atom stereocenters. The summed E-state index contributed by atoms with van der Waals surface area (Å²) >= 11 is 0. The molecule has 6 nitrogen and oxygen atoms in total. The number of aromatic hydroxyl groups is 1. The van der Waals surface area contributed by atoms with Crippen molar-refractivity contribution in [2.24, 2.45) is 5.73 Å². The van der Waals surface area contributed by atoms with Gasteiger partial charge in [-0.05, 0) is 181 Å². The first-order valence-electron chi connectivity index (χ1n) is 38.5. The second kappa shape index (κ2) is 86.6. The van der Waals surface area contributed by atoms with Crippen LogP contribution in [0.2, 0.25) is 0 Å². The molecule has 0 fully saturated rings. The monoisotopic (exact) mass is 1460 g/mol. The summed E-state index contributed by atoms with van der Waals surface area (Å²) in [4.78, 5) is 0. The highest BCUT2D eigenvalue weighted by Crippen LogP contribution is 2.21. The van der Waals surface area contributed by atoms with Gasteiger partial charge in [0, 0.05) is 42.7 Å². The third kappa shape index (κ3) is 75.7. The Morgan fingerprint density at radius 2 is 0.813 bits per heavy atom. The molecule has 0 spiro atoms. The average Bonchev–Trinajstić information content (AvgIpc) is 0.857. The lowest BCUT2D eigenvalue weighted by Gasteiger charge is -2.19. The number of hydrogen-bond donors (Lipinski definition) is 6. The molecule has 0 aliphatic heterocycles. The third-order valence-corrected chi connectivity index (χ3v) is 14.6. The number of aryl methyl sites for hydroxylation is 3. The van der Waals surface area contributed by atoms with Gasteiger partial charge in [-0.25, -0.2) is 0 Å². The summed E-state index contributed by atoms with van der Waals surface area (Å²) in [6.07, 6.45) is 36.2. The van der Waals surface area contributed by atoms with Crippen LogP contribution in [0.5, 0.6) is 5.75 Å². The molecule has 0 heterocycles. The molecule has 0 aromatic heterocycles. The van der Waals surface area contributed by atoms with E-state index in [1.807, 2.05) is 123 Å². The SMILES string of the molecule is C.C.C.C.C#CCC.C(#Cc1ccccc1)c1ccccc1.C=CCC.C=Cc1ccc2ccccc2c1.CC(C)(C)c1ccc(B(O)O)cc1.CCCC.CCCCC#CCCCC.CCCCCc1ccc(O)cc1.CCCCCc1ccccc1.CCCCc1ccc(N)cc1.CCCN.CCCO. The van der Waals surface area contributed by atoms with E-state index < -0.39 is 7.12 Å². The van der Waals surface area contributed by atoms with E-state index >= 15 is 0 Å². The van der Waals surface area contributed by atoms with Gasteiger partial charge in [-0.15, -0.1) is 30.8 Å². The molecule has 8 N–H and O–H groups in total. The number of phenolic OH excluding ortho intramolecular Hbond substituents is 1. The van der Waals surface area contributed by atoms with Crippen LogP contribution in [0, 0.1) is 36.0 Å². The standard InChI is InChI=1S/C14H10.C12H10.C11H16O.C11H16.C10H15BO2.C10H15N.C10H18.C4H10.C4H8.C4H6.C3H9N.C3H8O.4CH4/c1-3-7-13(8-4-1)11-12-14-9-5-2-6-10-14;1-2-10-7-8-11-5-3-4-6-12(11)9-10;1-2-3-4-5-10-6-8-11(12)9-7-10;1-2-3-5-8-11-9-6-4-7-10-11;1-10(2,3)8-4-6-9(7-5-8)11(12)13;1-2-3-4-9-5-7-10(11)8-6-9;1-3-5-7-9-10-8-6-4-2;3*1-3-4-2;2*1-2-3-4;;;;/h1-10H;2-9H,1H2;6-9,12H,2-5H2,1H3;4,6-7,9-10H,2-3,5,8H2,1H3;4-7,12-13H,1-3H3;5-8H,2-4,11H2,1H3;3-8H2,1-2H3;3-4H2,1-2H3;3H,1,4H2,2H3;1H,4H2,2H3;2-4H2,1H3;4H,2-3H2,1H3;4*1H4. The predicted octanol–water partition coefficient (Wildman–Crippen LogP) is 27.5. The molecule has 0 radical (unpaired) electrons. The molecule has 107 heavy (non-hydrogen) atoms. The molecule has 0 unspecified atom stereocenters. The van der Waals surface area contributed by atoms with Crippen molar-refractivity contribution in [1.82, 2.24) is 0 Å². The highest BCUT2D eigenvalue weighted by Gasteiger charge is 2.15. The van der Waals surface area contributed by atoms with Crippen molar-refractivity contribution in [1.29, 1.82) is 0 Å². The van der Waals surface area contributed by atoms with E-state index in [9.17, 15) is 0 Å². The van der Waals surface area contributed by atoms with E-state index in [1.165, 1.54) is 141 Å². The molecule has 0 saturated carbocycles. The lowest BCUT2D eigenvalue weighted by molar-refractivity contribution is 0.295. The molecule has 0 bridgehead atoms. The topological polar surface area (TPSA) is 133 Å². The Balaban J connectivity index is -0.000000170. The van der Waals surface area contributed by atoms with Gasteiger partial charge in [0.15, 0.2) is 0 Å². The molecule has 0 saturated heterocycles. The van der Waals surface area contributed by atoms with Gasteiger partial charge in [0.1, 0.15) is 5.75 Å². The maximum absolute atomic E-state index is 9.03. The van der Waals surface area contributed by atoms with E-state index in [0.29, 0.717) is 17.8 Å². The fourth-order valence-electron chi connectivity index (χ4n) is 7.92. The minimum atomic E-state index is -1.37. The van der Waals surface area contributed by atoms with Crippen molar-refractivity contribution in [2.75, 3.05) is 18.9 Å². The Hall–Kier alpha value is -8.32. The highest BCUT2D eigenvalue weighted by atomic mass is 16.4. The van der Waals surface area contributed by atoms with Crippen molar-refractivity contribution in [3.05, 3.63) is 264 Å². The first-order valence-corrected chi connectivity index (χ1v) is 38.5. The molecule has 0 aliphatic carbocycles. The number of allylic oxidation sites excluding steroid dienone is 1. The molecule has 7 heteroatoms. The Bertz CT molecular complexity index is 3200. The lowest BCUT2D eigenvalue weighted by Crippen LogP contribution is -2.29. The number of fused-ring (bicyclic) bond motifs is 1. The Morgan fingerprint density at radius 1 is 0.449 bits per heavy atom. The van der Waals surface area contributed by atoms with Gasteiger partial charge in [0.2, 0.25) is 0 Å². The summed E-state index contributed by atoms with van der Waals surface area (Å²) in [5, 5.41) is 37.2. The zero-order valence-electron chi connectivity index (χ0n) is 67.0. The molecular formula is C100H157BN2O4. The molecule has 594 valence electrons. The predicted molar refractivity (Wildman–Crippen MR) is 489 cm³/mol. The van der Waals surface area contributed by atoms with E-state index in [2.05, 4.69) is 211 Å². The molecule has 8 rings (SSSR count). The largest absolute Gasteiger partial charge is 0.508 e. The third-order valence-electron chi connectivity index (χ3n) is 14.6. The maximum atomic E-state index is 9.03. The lowest BCUT2D eigenvalue weighted by atomic mass is 9.78. The number of unbranched alkanes of at least 4 members (excludes halogenated alkanes) is 10. The van der Waals surface area contributed by atoms with Crippen LogP contribution in [0.1, 0.15) is 294 Å². The van der Waals surface area contributed by atoms with Crippen molar-refractivity contribution in [3.63, 3.8) is 0 Å². The first kappa shape index (κ1) is 115. The molecule has 0 amide bonds. The number of aliphatic hydroxyl groups is 1. The zero-order chi connectivity index (χ0) is 77.7. The molecular weight excluding hydrogens is 1300 g/mol. The van der Waals surface area contributed by atoms with E-state index in [4.69, 9.17) is 38.2 Å².